The summed E-state index contributed by atoms with van der Waals surface area (Å²) < 4.78 is 6.74. The van der Waals surface area contributed by atoms with E-state index >= 15 is 0 Å². The Kier molecular flexibility index (Phi) is 12.2. The monoisotopic (exact) mass is 812 g/mol. The van der Waals surface area contributed by atoms with Crippen molar-refractivity contribution in [3.05, 3.63) is 129 Å². The first-order valence-electron chi connectivity index (χ1n) is 19.3. The summed E-state index contributed by atoms with van der Waals surface area (Å²) in [6, 6.07) is 33.4. The van der Waals surface area contributed by atoms with Gasteiger partial charge in [-0.1, -0.05) is 0 Å². The number of allylic oxidation sites excluding steroid dienone is 2. The van der Waals surface area contributed by atoms with Crippen molar-refractivity contribution >= 4 is 43.8 Å². The van der Waals surface area contributed by atoms with Crippen LogP contribution in [0.1, 0.15) is 126 Å². The summed E-state index contributed by atoms with van der Waals surface area (Å²) in [5.74, 6) is 2.70. The maximum atomic E-state index is 2.83. The molecule has 0 aliphatic heterocycles. The van der Waals surface area contributed by atoms with Crippen LogP contribution in [0.15, 0.2) is 96.1 Å². The van der Waals surface area contributed by atoms with Gasteiger partial charge in [-0.25, -0.2) is 0 Å². The molecule has 0 amide bonds. The molecular weight excluding hydrogens is 755 g/mol. The standard InChI is InChI=1S/C25H29.C20H21.2CH3.2ClH.H2Si.Zr/c1-17(2)19-11-13-21(14-12-19)24-6-4-5-22-15-23(16-25(22)24)20-9-7-18(3)8-10-20;1-4-15(3)16-8-10-17(11-9-16)19-7-5-6-18-12-14(2)13-20(18)19;;;;;;/h4-6,11-18,20H,7-10H2,1-3H3;5-13,15H,4H2,1-3H3;2*1H3;2*1H;1H2;. The van der Waals surface area contributed by atoms with Crippen LogP contribution in [0, 0.1) is 11.8 Å². The van der Waals surface area contributed by atoms with E-state index in [1.807, 2.05) is 0 Å². The second-order valence-corrected chi connectivity index (χ2v) is 48.1. The van der Waals surface area contributed by atoms with E-state index in [4.69, 9.17) is 0 Å². The summed E-state index contributed by atoms with van der Waals surface area (Å²) in [5.41, 5.74) is 18.0. The average Bonchev–Trinajstić information content (AvgIpc) is 3.67. The van der Waals surface area contributed by atoms with Gasteiger partial charge in [0.1, 0.15) is 0 Å². The maximum Gasteiger partial charge on any atom is -0.147 e. The van der Waals surface area contributed by atoms with Crippen LogP contribution in [0.2, 0.25) is 9.26 Å². The minimum absolute atomic E-state index is 0. The quantitative estimate of drug-likeness (QED) is 0.155. The first-order chi connectivity index (χ1) is 23.4. The van der Waals surface area contributed by atoms with E-state index in [0.29, 0.717) is 25.0 Å². The molecule has 0 nitrogen and oxygen atoms in total. The molecule has 0 radical (unpaired) electrons. The molecule has 4 aromatic carbocycles. The van der Waals surface area contributed by atoms with Crippen LogP contribution in [0.4, 0.5) is 0 Å². The average molecular weight is 815 g/mol. The van der Waals surface area contributed by atoms with Crippen LogP contribution in [-0.2, 0) is 17.4 Å². The summed E-state index contributed by atoms with van der Waals surface area (Å²) in [6.07, 6.45) is 11.9. The van der Waals surface area contributed by atoms with E-state index in [-0.39, 0.29) is 24.8 Å². The summed E-state index contributed by atoms with van der Waals surface area (Å²) >= 11 is -3.72. The fourth-order valence-electron chi connectivity index (χ4n) is 10.2. The third-order valence-electron chi connectivity index (χ3n) is 13.0. The van der Waals surface area contributed by atoms with E-state index in [2.05, 4.69) is 155 Å². The smallest absolute Gasteiger partial charge is 0.147 e. The van der Waals surface area contributed by atoms with E-state index < -0.39 is 17.4 Å². The van der Waals surface area contributed by atoms with E-state index in [0.717, 1.165) is 5.92 Å². The van der Waals surface area contributed by atoms with Gasteiger partial charge in [0.05, 0.1) is 0 Å². The van der Waals surface area contributed by atoms with E-state index in [9.17, 15) is 0 Å². The molecule has 270 valence electrons. The Hall–Kier alpha value is -1.96. The molecule has 0 bridgehead atoms. The Morgan fingerprint density at radius 1 is 0.667 bits per heavy atom. The molecule has 7 rings (SSSR count). The van der Waals surface area contributed by atoms with Crippen molar-refractivity contribution in [1.29, 1.82) is 0 Å². The molecule has 1 saturated carbocycles. The van der Waals surface area contributed by atoms with Crippen molar-refractivity contribution in [1.82, 2.24) is 0 Å². The molecule has 3 unspecified atom stereocenters. The number of hydrogen-bond donors (Lipinski definition) is 0. The first-order valence-corrected chi connectivity index (χ1v) is 33.0. The van der Waals surface area contributed by atoms with Gasteiger partial charge in [0.15, 0.2) is 0 Å². The van der Waals surface area contributed by atoms with Crippen LogP contribution < -0.4 is 0 Å². The Labute approximate surface area is 324 Å². The first kappa shape index (κ1) is 40.2. The molecule has 0 saturated heterocycles. The minimum Gasteiger partial charge on any atom is -0.147 e. The molecule has 0 N–H and O–H groups in total. The van der Waals surface area contributed by atoms with Crippen molar-refractivity contribution in [3.8, 4) is 22.3 Å². The number of rotatable bonds is 8. The predicted octanol–water partition coefficient (Wildman–Crippen LogP) is 14.3. The molecule has 4 aromatic rings. The summed E-state index contributed by atoms with van der Waals surface area (Å²) in [4.78, 5) is 0. The number of halogens is 2. The van der Waals surface area contributed by atoms with Gasteiger partial charge in [-0.2, -0.15) is 0 Å². The summed E-state index contributed by atoms with van der Waals surface area (Å²) in [6.45, 7) is 16.6. The van der Waals surface area contributed by atoms with Gasteiger partial charge in [-0.15, -0.1) is 24.8 Å². The molecular formula is C47H60Cl2SiZr. The van der Waals surface area contributed by atoms with Crippen LogP contribution >= 0.6 is 24.8 Å². The Morgan fingerprint density at radius 3 is 1.67 bits per heavy atom. The van der Waals surface area contributed by atoms with Crippen molar-refractivity contribution in [3.63, 3.8) is 0 Å². The van der Waals surface area contributed by atoms with E-state index in [1.165, 1.54) is 76.6 Å². The predicted molar refractivity (Wildman–Crippen MR) is 230 cm³/mol. The van der Waals surface area contributed by atoms with Gasteiger partial charge in [0, 0.05) is 0 Å². The van der Waals surface area contributed by atoms with Crippen LogP contribution in [0.5, 0.6) is 0 Å². The molecule has 1 fully saturated rings. The molecule has 3 aliphatic rings. The van der Waals surface area contributed by atoms with Gasteiger partial charge in [0.25, 0.3) is 0 Å². The molecule has 0 heterocycles. The van der Waals surface area contributed by atoms with Gasteiger partial charge < -0.3 is 0 Å². The third kappa shape index (κ3) is 7.31. The van der Waals surface area contributed by atoms with Gasteiger partial charge in [0.2, 0.25) is 0 Å². The zero-order valence-corrected chi connectivity index (χ0v) is 37.8. The fourth-order valence-corrected chi connectivity index (χ4v) is 30.5. The van der Waals surface area contributed by atoms with Crippen molar-refractivity contribution in [2.75, 3.05) is 0 Å². The second kappa shape index (κ2) is 15.4. The van der Waals surface area contributed by atoms with Crippen LogP contribution in [-0.4, -0.2) is 6.88 Å². The van der Waals surface area contributed by atoms with E-state index in [1.54, 1.807) is 22.3 Å². The van der Waals surface area contributed by atoms with Crippen LogP contribution in [0.25, 0.3) is 34.4 Å². The fraction of sp³-hybridized carbons (Fsp3) is 0.404. The summed E-state index contributed by atoms with van der Waals surface area (Å²) in [7, 11) is 0. The van der Waals surface area contributed by atoms with Crippen molar-refractivity contribution in [2.45, 2.75) is 102 Å². The normalized spacial score (nSPS) is 21.9. The van der Waals surface area contributed by atoms with Crippen LogP contribution in [0.3, 0.4) is 0 Å². The molecule has 0 aromatic heterocycles. The molecule has 51 heavy (non-hydrogen) atoms. The van der Waals surface area contributed by atoms with Crippen molar-refractivity contribution < 1.29 is 17.4 Å². The molecule has 3 aliphatic carbocycles. The van der Waals surface area contributed by atoms with Gasteiger partial charge in [-0.3, -0.25) is 0 Å². The zero-order valence-electron chi connectivity index (χ0n) is 32.3. The topological polar surface area (TPSA) is 0 Å². The Morgan fingerprint density at radius 2 is 1.16 bits per heavy atom. The maximum absolute atomic E-state index is 3.72. The minimum atomic E-state index is -3.72. The Bertz CT molecular complexity index is 2000. The number of hydrogen-bond acceptors (Lipinski definition) is 0. The number of fused-ring (bicyclic) bond motifs is 2. The molecule has 4 heteroatoms. The second-order valence-electron chi connectivity index (χ2n) is 17.6. The van der Waals surface area contributed by atoms with Gasteiger partial charge >= 0.3 is 302 Å². The molecule has 3 atom stereocenters. The van der Waals surface area contributed by atoms with Gasteiger partial charge in [-0.05, 0) is 0 Å². The van der Waals surface area contributed by atoms with Crippen molar-refractivity contribution in [2.24, 2.45) is 11.8 Å². The largest absolute Gasteiger partial charge is 0.147 e. The summed E-state index contributed by atoms with van der Waals surface area (Å²) in [5, 5.41) is 0. The molecule has 0 spiro atoms. The number of benzene rings is 4. The Balaban J connectivity index is 0.00000252. The SMILES string of the molecule is CCC(C)c1ccc(-c2cccc3c2C=C(C)[CH]3[Zr]([CH3])([CH3])(=[SiH2])[CH]2C(C3CCC(C)CC3)=Cc3c(-c4ccc(C(C)C)cc4)cccc32)cc1.Cl.Cl. The zero-order chi connectivity index (χ0) is 34.7. The third-order valence-corrected chi connectivity index (χ3v) is 30.7.